The van der Waals surface area contributed by atoms with Crippen molar-refractivity contribution in [3.8, 4) is 34.5 Å². The first-order valence-electron chi connectivity index (χ1n) is 11.1. The van der Waals surface area contributed by atoms with Gasteiger partial charge in [0.15, 0.2) is 0 Å². The molecular weight excluding hydrogens is 426 g/mol. The Labute approximate surface area is 199 Å². The molecule has 3 N–H and O–H groups in total. The van der Waals surface area contributed by atoms with Crippen molar-refractivity contribution < 1.29 is 9.53 Å². The number of nitrogens with one attached hydrogen (secondary N) is 1. The Hall–Kier alpha value is -4.31. The van der Waals surface area contributed by atoms with Gasteiger partial charge in [-0.1, -0.05) is 48.4 Å². The van der Waals surface area contributed by atoms with E-state index in [9.17, 15) is 4.79 Å². The molecule has 1 saturated heterocycles. The van der Waals surface area contributed by atoms with Gasteiger partial charge in [0, 0.05) is 25.6 Å². The Morgan fingerprint density at radius 2 is 1.91 bits per heavy atom. The molecule has 1 aliphatic heterocycles. The molecule has 4 rings (SSSR count). The molecule has 1 atom stereocenters. The van der Waals surface area contributed by atoms with Crippen molar-refractivity contribution in [1.29, 1.82) is 0 Å². The third kappa shape index (κ3) is 5.36. The minimum absolute atomic E-state index is 0.152. The van der Waals surface area contributed by atoms with Gasteiger partial charge in [0.1, 0.15) is 29.5 Å². The fraction of sp³-hybridized carbons (Fsp3) is 0.222. The molecule has 0 saturated carbocycles. The Kier molecular flexibility index (Phi) is 7.09. The molecule has 1 amide bonds. The number of hydrogen-bond acceptors (Lipinski definition) is 6. The Morgan fingerprint density at radius 3 is 2.62 bits per heavy atom. The van der Waals surface area contributed by atoms with Crippen molar-refractivity contribution in [2.45, 2.75) is 13.3 Å². The Morgan fingerprint density at radius 1 is 1.18 bits per heavy atom. The van der Waals surface area contributed by atoms with Gasteiger partial charge in [0.05, 0.1) is 5.56 Å². The average molecular weight is 454 g/mol. The maximum absolute atomic E-state index is 12.1. The first kappa shape index (κ1) is 22.9. The molecular formula is C27H27N5O2. The lowest BCUT2D eigenvalue weighted by Crippen LogP contribution is -2.40. The van der Waals surface area contributed by atoms with Crippen LogP contribution in [0.1, 0.15) is 13.3 Å². The largest absolute Gasteiger partial charge is 0.457 e. The van der Waals surface area contributed by atoms with Crippen molar-refractivity contribution in [2.75, 3.05) is 30.7 Å². The number of hydrogen-bond donors (Lipinski definition) is 2. The fourth-order valence-corrected chi connectivity index (χ4v) is 3.93. The van der Waals surface area contributed by atoms with Gasteiger partial charge in [-0.2, -0.15) is 0 Å². The highest BCUT2D eigenvalue weighted by Gasteiger charge is 2.25. The standard InChI is InChI=1S/C27H27N5O2/c1-3-7-24(33)32-15-14-21(19(2)17-32)16-29-27-25(26(28)30-18-31-27)20-10-12-23(13-11-20)34-22-8-5-4-6-9-22/h4-6,8-13,18,21H,2,14-17H2,1H3,(H3,28,29,30,31)/t21-/m0/s1. The second kappa shape index (κ2) is 10.5. The van der Waals surface area contributed by atoms with Gasteiger partial charge < -0.3 is 20.7 Å². The van der Waals surface area contributed by atoms with E-state index < -0.39 is 0 Å². The van der Waals surface area contributed by atoms with Gasteiger partial charge in [-0.15, -0.1) is 0 Å². The lowest BCUT2D eigenvalue weighted by atomic mass is 9.92. The van der Waals surface area contributed by atoms with Crippen LogP contribution < -0.4 is 15.8 Å². The zero-order valence-electron chi connectivity index (χ0n) is 19.1. The quantitative estimate of drug-likeness (QED) is 0.426. The molecule has 0 bridgehead atoms. The highest BCUT2D eigenvalue weighted by Crippen LogP contribution is 2.33. The van der Waals surface area contributed by atoms with E-state index in [1.54, 1.807) is 11.8 Å². The van der Waals surface area contributed by atoms with Crippen LogP contribution in [0.25, 0.3) is 11.1 Å². The molecule has 2 aromatic carbocycles. The summed E-state index contributed by atoms with van der Waals surface area (Å²) in [6, 6.07) is 17.3. The summed E-state index contributed by atoms with van der Waals surface area (Å²) < 4.78 is 5.88. The van der Waals surface area contributed by atoms with E-state index in [1.807, 2.05) is 54.6 Å². The van der Waals surface area contributed by atoms with E-state index in [-0.39, 0.29) is 11.8 Å². The second-order valence-electron chi connectivity index (χ2n) is 8.05. The van der Waals surface area contributed by atoms with Gasteiger partial charge in [-0.05, 0) is 49.1 Å². The number of ether oxygens (including phenoxy) is 1. The number of likely N-dealkylation sites (tertiary alicyclic amines) is 1. The van der Waals surface area contributed by atoms with Crippen LogP contribution in [0, 0.1) is 17.8 Å². The molecule has 0 aliphatic carbocycles. The number of amides is 1. The van der Waals surface area contributed by atoms with Gasteiger partial charge in [0.25, 0.3) is 5.91 Å². The number of rotatable bonds is 6. The zero-order chi connectivity index (χ0) is 23.9. The zero-order valence-corrected chi connectivity index (χ0v) is 19.1. The van der Waals surface area contributed by atoms with Crippen LogP contribution >= 0.6 is 0 Å². The molecule has 7 nitrogen and oxygen atoms in total. The molecule has 0 radical (unpaired) electrons. The molecule has 34 heavy (non-hydrogen) atoms. The number of para-hydroxylation sites is 1. The number of nitrogens with two attached hydrogens (primary N) is 1. The van der Waals surface area contributed by atoms with Crippen LogP contribution in [0.4, 0.5) is 11.6 Å². The van der Waals surface area contributed by atoms with E-state index >= 15 is 0 Å². The molecule has 1 aromatic heterocycles. The highest BCUT2D eigenvalue weighted by molar-refractivity contribution is 5.93. The molecule has 172 valence electrons. The van der Waals surface area contributed by atoms with E-state index in [2.05, 4.69) is 33.7 Å². The first-order valence-corrected chi connectivity index (χ1v) is 11.1. The van der Waals surface area contributed by atoms with Gasteiger partial charge in [-0.3, -0.25) is 4.79 Å². The van der Waals surface area contributed by atoms with Crippen LogP contribution in [-0.2, 0) is 4.79 Å². The smallest absolute Gasteiger partial charge is 0.298 e. The monoisotopic (exact) mass is 453 g/mol. The lowest BCUT2D eigenvalue weighted by Gasteiger charge is -2.33. The molecule has 7 heteroatoms. The van der Waals surface area contributed by atoms with Crippen LogP contribution in [0.5, 0.6) is 11.5 Å². The van der Waals surface area contributed by atoms with E-state index in [0.29, 0.717) is 31.3 Å². The minimum atomic E-state index is -0.152. The summed E-state index contributed by atoms with van der Waals surface area (Å²) >= 11 is 0. The second-order valence-corrected chi connectivity index (χ2v) is 8.05. The number of benzene rings is 2. The molecule has 1 fully saturated rings. The van der Waals surface area contributed by atoms with Gasteiger partial charge >= 0.3 is 0 Å². The molecule has 0 unspecified atom stereocenters. The van der Waals surface area contributed by atoms with Crippen molar-refractivity contribution in [3.05, 3.63) is 73.1 Å². The summed E-state index contributed by atoms with van der Waals surface area (Å²) in [5.41, 5.74) is 8.86. The summed E-state index contributed by atoms with van der Waals surface area (Å²) in [7, 11) is 0. The third-order valence-electron chi connectivity index (χ3n) is 5.75. The predicted molar refractivity (Wildman–Crippen MR) is 134 cm³/mol. The van der Waals surface area contributed by atoms with Crippen molar-refractivity contribution in [3.63, 3.8) is 0 Å². The van der Waals surface area contributed by atoms with Gasteiger partial charge in [0.2, 0.25) is 0 Å². The van der Waals surface area contributed by atoms with Crippen LogP contribution in [0.15, 0.2) is 73.1 Å². The summed E-state index contributed by atoms with van der Waals surface area (Å²) in [5.74, 6) is 7.88. The summed E-state index contributed by atoms with van der Waals surface area (Å²) in [4.78, 5) is 22.4. The molecule has 2 heterocycles. The number of carbonyl (C=O) groups is 1. The highest BCUT2D eigenvalue weighted by atomic mass is 16.5. The SMILES string of the molecule is C=C1CN(C(=O)C#CC)CC[C@H]1CNc1ncnc(N)c1-c1ccc(Oc2ccccc2)cc1. The maximum Gasteiger partial charge on any atom is 0.298 e. The Bertz CT molecular complexity index is 1230. The van der Waals surface area contributed by atoms with Crippen LogP contribution in [-0.4, -0.2) is 40.4 Å². The number of aromatic nitrogens is 2. The van der Waals surface area contributed by atoms with Crippen LogP contribution in [0.3, 0.4) is 0 Å². The van der Waals surface area contributed by atoms with Crippen molar-refractivity contribution in [1.82, 2.24) is 14.9 Å². The summed E-state index contributed by atoms with van der Waals surface area (Å²) in [6.45, 7) is 7.66. The number of nitrogen functional groups attached to an aromatic ring is 1. The number of nitrogens with zero attached hydrogens (tertiary/aromatic N) is 3. The third-order valence-corrected chi connectivity index (χ3v) is 5.75. The molecule has 1 aliphatic rings. The van der Waals surface area contributed by atoms with E-state index in [4.69, 9.17) is 10.5 Å². The average Bonchev–Trinajstić information content (AvgIpc) is 2.85. The van der Waals surface area contributed by atoms with Crippen molar-refractivity contribution in [2.24, 2.45) is 5.92 Å². The predicted octanol–water partition coefficient (Wildman–Crippen LogP) is 4.36. The van der Waals surface area contributed by atoms with E-state index in [1.165, 1.54) is 6.33 Å². The van der Waals surface area contributed by atoms with Gasteiger partial charge in [-0.25, -0.2) is 9.97 Å². The number of piperidine rings is 1. The number of anilines is 2. The Balaban J connectivity index is 1.45. The molecule has 3 aromatic rings. The molecule has 0 spiro atoms. The minimum Gasteiger partial charge on any atom is -0.457 e. The first-order chi connectivity index (χ1) is 16.5. The summed E-state index contributed by atoms with van der Waals surface area (Å²) in [6.07, 6.45) is 2.26. The number of carbonyl (C=O) groups excluding carboxylic acids is 1. The van der Waals surface area contributed by atoms with Crippen LogP contribution in [0.2, 0.25) is 0 Å². The topological polar surface area (TPSA) is 93.4 Å². The normalized spacial score (nSPS) is 15.3. The summed E-state index contributed by atoms with van der Waals surface area (Å²) in [5, 5.41) is 3.42. The fourth-order valence-electron chi connectivity index (χ4n) is 3.93. The lowest BCUT2D eigenvalue weighted by molar-refractivity contribution is -0.125. The van der Waals surface area contributed by atoms with Crippen molar-refractivity contribution >= 4 is 17.5 Å². The maximum atomic E-state index is 12.1. The van der Waals surface area contributed by atoms with E-state index in [0.717, 1.165) is 34.6 Å².